The summed E-state index contributed by atoms with van der Waals surface area (Å²) < 4.78 is 0. The molecule has 0 aromatic rings. The molecule has 0 unspecified atom stereocenters. The van der Waals surface area contributed by atoms with Gasteiger partial charge in [-0.3, -0.25) is 0 Å². The molecular weight excluding hydrogens is 459 g/mol. The van der Waals surface area contributed by atoms with Crippen molar-refractivity contribution in [2.75, 3.05) is 0 Å². The molecule has 0 aliphatic rings. The van der Waals surface area contributed by atoms with Crippen molar-refractivity contribution < 1.29 is 117 Å². The molecule has 0 rings (SSSR count). The summed E-state index contributed by atoms with van der Waals surface area (Å²) in [4.78, 5) is 0. The summed E-state index contributed by atoms with van der Waals surface area (Å²) in [6.45, 7) is 0. The molecule has 0 aliphatic heterocycles. The number of hydrogen-bond donors (Lipinski definition) is 0. The van der Waals surface area contributed by atoms with E-state index in [9.17, 15) is 0 Å². The van der Waals surface area contributed by atoms with Crippen LogP contribution in [0.4, 0.5) is 0 Å². The average Bonchev–Trinajstić information content (AvgIpc) is 0.918. The van der Waals surface area contributed by atoms with Crippen LogP contribution in [0, 0.1) is 0 Å². The van der Waals surface area contributed by atoms with Crippen LogP contribution in [0.1, 0.15) is 0 Å². The van der Waals surface area contributed by atoms with E-state index in [4.69, 9.17) is 0 Å². The zero-order valence-corrected chi connectivity index (χ0v) is 13.0. The van der Waals surface area contributed by atoms with Crippen LogP contribution in [0.2, 0.25) is 0 Å². The molecule has 0 spiro atoms. The predicted molar refractivity (Wildman–Crippen MR) is 0 cm³/mol. The van der Waals surface area contributed by atoms with E-state index in [0.29, 0.717) is 0 Å². The largest absolute Gasteiger partial charge is 0 e. The summed E-state index contributed by atoms with van der Waals surface area (Å²) in [5, 5.41) is 0. The first-order valence-electron chi connectivity index (χ1n) is 0.341. The normalized spacial score (nSPS) is 1.86. The SMILES string of the molecule is [Cr].[Fe].[Fe][Nb][Mo].[Ni].[Ti]. The summed E-state index contributed by atoms with van der Waals surface area (Å²) in [6.07, 6.45) is 0. The van der Waals surface area contributed by atoms with Crippen molar-refractivity contribution >= 4 is 0 Å². The van der Waals surface area contributed by atoms with E-state index in [0.717, 1.165) is 0 Å². The van der Waals surface area contributed by atoms with E-state index in [1.165, 1.54) is 0 Å². The molecule has 0 heterocycles. The molecule has 0 bridgehead atoms. The van der Waals surface area contributed by atoms with Gasteiger partial charge in [-0.05, 0) is 0 Å². The molecule has 0 fully saturated rings. The third-order valence-electron chi connectivity index (χ3n) is 0. The van der Waals surface area contributed by atoms with Crippen LogP contribution in [0.5, 0.6) is 0 Å². The molecule has 0 saturated heterocycles. The van der Waals surface area contributed by atoms with Gasteiger partial charge in [-0.15, -0.1) is 0 Å². The minimum absolute atomic E-state index is 0. The van der Waals surface area contributed by atoms with Gasteiger partial charge in [-0.1, -0.05) is 0 Å². The van der Waals surface area contributed by atoms with Crippen molar-refractivity contribution in [3.63, 3.8) is 0 Å². The molecule has 0 aromatic heterocycles. The van der Waals surface area contributed by atoms with Gasteiger partial charge >= 0.3 is 44.1 Å². The second kappa shape index (κ2) is 31.9. The van der Waals surface area contributed by atoms with E-state index in [2.05, 4.69) is 29.6 Å². The van der Waals surface area contributed by atoms with Crippen LogP contribution in [0.15, 0.2) is 0 Å². The van der Waals surface area contributed by atoms with Crippen LogP contribution in [0.25, 0.3) is 0 Å². The van der Waals surface area contributed by atoms with Crippen molar-refractivity contribution in [3.05, 3.63) is 0 Å². The molecule has 7 heteroatoms. The summed E-state index contributed by atoms with van der Waals surface area (Å²) in [6, 6.07) is 0. The molecule has 0 atom stereocenters. The first-order valence-corrected chi connectivity index (χ1v) is 10.2. The second-order valence-electron chi connectivity index (χ2n) is 0.0645. The van der Waals surface area contributed by atoms with Gasteiger partial charge in [0.1, 0.15) is 0 Å². The summed E-state index contributed by atoms with van der Waals surface area (Å²) in [7, 11) is 0. The second-order valence-corrected chi connectivity index (χ2v) is 9.32. The molecule has 0 aliphatic carbocycles. The molecular formula is CrFe2MoNbNiTi. The van der Waals surface area contributed by atoms with Gasteiger partial charge in [0.05, 0.1) is 0 Å². The fourth-order valence-corrected chi connectivity index (χ4v) is 0. The monoisotopic (exact) mass is 461 g/mol. The summed E-state index contributed by atoms with van der Waals surface area (Å²) >= 11 is 5.86. The molecule has 0 aromatic carbocycles. The molecule has 47 valence electrons. The first-order chi connectivity index (χ1) is 1.41. The van der Waals surface area contributed by atoms with E-state index in [-0.39, 0.29) is 87.1 Å². The maximum Gasteiger partial charge on any atom is 0 e. The van der Waals surface area contributed by atoms with Crippen LogP contribution in [-0.4, -0.2) is 0 Å². The smallest absolute Gasteiger partial charge is 0 e. The van der Waals surface area contributed by atoms with Crippen molar-refractivity contribution in [2.24, 2.45) is 0 Å². The van der Waals surface area contributed by atoms with Crippen LogP contribution in [0.3, 0.4) is 0 Å². The fourth-order valence-electron chi connectivity index (χ4n) is 0. The Bertz CT molecular complexity index is 17.7. The molecule has 0 nitrogen and oxygen atoms in total. The Morgan fingerprint density at radius 1 is 1.43 bits per heavy atom. The van der Waals surface area contributed by atoms with Crippen molar-refractivity contribution in [1.82, 2.24) is 0 Å². The maximum atomic E-state index is 3.64. The van der Waals surface area contributed by atoms with Gasteiger partial charge in [-0.2, -0.15) is 0 Å². The fraction of sp³-hybridized carbons (Fsp3) is 0. The molecule has 7 heavy (non-hydrogen) atoms. The standard InChI is InChI=1S/Cr.2Fe.Mo.Nb.Ni.Ti. The average molecular weight is 459 g/mol. The zero-order chi connectivity index (χ0) is 2.71. The Labute approximate surface area is 114 Å². The van der Waals surface area contributed by atoms with Gasteiger partial charge in [-0.25, -0.2) is 0 Å². The molecule has 0 N–H and O–H groups in total. The Kier molecular flexibility index (Phi) is 138. The quantitative estimate of drug-likeness (QED) is 0.448. The Morgan fingerprint density at radius 2 is 1.43 bits per heavy atom. The minimum atomic E-state index is 0. The molecule has 0 radical (unpaired) electrons. The third-order valence-corrected chi connectivity index (χ3v) is 0. The van der Waals surface area contributed by atoms with Gasteiger partial charge < -0.3 is 0 Å². The minimum Gasteiger partial charge on any atom is 0 e. The van der Waals surface area contributed by atoms with Crippen LogP contribution in [-0.2, 0) is 117 Å². The number of rotatable bonds is 0. The Morgan fingerprint density at radius 3 is 1.43 bits per heavy atom. The first kappa shape index (κ1) is 30.3. The van der Waals surface area contributed by atoms with Crippen molar-refractivity contribution in [2.45, 2.75) is 0 Å². The van der Waals surface area contributed by atoms with E-state index >= 15 is 0 Å². The van der Waals surface area contributed by atoms with Crippen LogP contribution >= 0.6 is 0 Å². The Balaban J connectivity index is -0.00000000333. The summed E-state index contributed by atoms with van der Waals surface area (Å²) in [5.41, 5.74) is 0. The van der Waals surface area contributed by atoms with Crippen molar-refractivity contribution in [3.8, 4) is 0 Å². The van der Waals surface area contributed by atoms with Gasteiger partial charge in [0, 0.05) is 72.6 Å². The topological polar surface area (TPSA) is 0 Å². The molecule has 0 saturated carbocycles. The predicted octanol–water partition coefficient (Wildman–Crippen LogP) is -0.0175. The molecule has 0 amide bonds. The maximum absolute atomic E-state index is 3.64. The summed E-state index contributed by atoms with van der Waals surface area (Å²) in [5.74, 6) is 0. The van der Waals surface area contributed by atoms with E-state index in [1.807, 2.05) is 0 Å². The van der Waals surface area contributed by atoms with Crippen molar-refractivity contribution in [1.29, 1.82) is 0 Å². The van der Waals surface area contributed by atoms with E-state index in [1.54, 1.807) is 0 Å². The Hall–Kier alpha value is 4.21. The van der Waals surface area contributed by atoms with Gasteiger partial charge in [0.25, 0.3) is 0 Å². The van der Waals surface area contributed by atoms with Gasteiger partial charge in [0.2, 0.25) is 0 Å². The van der Waals surface area contributed by atoms with Gasteiger partial charge in [0.15, 0.2) is 0 Å². The van der Waals surface area contributed by atoms with Crippen LogP contribution < -0.4 is 0 Å². The van der Waals surface area contributed by atoms with E-state index < -0.39 is 0 Å². The zero-order valence-electron chi connectivity index (χ0n) is 2.79. The number of hydrogen-bond acceptors (Lipinski definition) is 0. The third kappa shape index (κ3) is 38.8.